The zero-order valence-electron chi connectivity index (χ0n) is 10.9. The number of hydrogen-bond donors (Lipinski definition) is 1. The Hall–Kier alpha value is -2.75. The molecule has 0 aliphatic rings. The number of methoxy groups -OCH3 is 1. The fourth-order valence-electron chi connectivity index (χ4n) is 1.83. The average molecular weight is 293 g/mol. The van der Waals surface area contributed by atoms with E-state index in [0.29, 0.717) is 5.75 Å². The number of alkyl halides is 3. The first-order chi connectivity index (χ1) is 9.85. The second-order valence-electron chi connectivity index (χ2n) is 4.19. The number of benzene rings is 1. The highest BCUT2D eigenvalue weighted by Crippen LogP contribution is 2.35. The molecule has 0 fully saturated rings. The molecule has 4 nitrogen and oxygen atoms in total. The van der Waals surface area contributed by atoms with Crippen molar-refractivity contribution in [2.24, 2.45) is 0 Å². The largest absolute Gasteiger partial charge is 0.496 e. The molecule has 1 aromatic carbocycles. The highest BCUT2D eigenvalue weighted by Gasteiger charge is 2.31. The van der Waals surface area contributed by atoms with Crippen LogP contribution in [0.4, 0.5) is 19.0 Å². The first-order valence-corrected chi connectivity index (χ1v) is 5.78. The molecule has 21 heavy (non-hydrogen) atoms. The van der Waals surface area contributed by atoms with Gasteiger partial charge in [0.25, 0.3) is 0 Å². The fraction of sp³-hybridized carbons (Fsp3) is 0.143. The van der Waals surface area contributed by atoms with E-state index in [1.54, 1.807) is 0 Å². The zero-order chi connectivity index (χ0) is 15.6. The van der Waals surface area contributed by atoms with Gasteiger partial charge in [-0.25, -0.2) is 4.98 Å². The Balaban J connectivity index is 2.67. The van der Waals surface area contributed by atoms with Crippen molar-refractivity contribution in [1.82, 2.24) is 4.98 Å². The molecule has 0 saturated carbocycles. The Labute approximate surface area is 118 Å². The van der Waals surface area contributed by atoms with Crippen LogP contribution in [0, 0.1) is 11.3 Å². The summed E-state index contributed by atoms with van der Waals surface area (Å²) in [6, 6.07) is 7.93. The van der Waals surface area contributed by atoms with Crippen LogP contribution in [0.2, 0.25) is 0 Å². The number of nitrogens with zero attached hydrogens (tertiary/aromatic N) is 2. The molecule has 0 amide bonds. The summed E-state index contributed by atoms with van der Waals surface area (Å²) in [5.41, 5.74) is 5.08. The Bertz CT molecular complexity index is 720. The first-order valence-electron chi connectivity index (χ1n) is 5.78. The first kappa shape index (κ1) is 14.7. The van der Waals surface area contributed by atoms with Gasteiger partial charge >= 0.3 is 6.18 Å². The number of ether oxygens (including phenoxy) is 1. The maximum atomic E-state index is 12.8. The van der Waals surface area contributed by atoms with Crippen molar-refractivity contribution in [3.63, 3.8) is 0 Å². The van der Waals surface area contributed by atoms with Crippen LogP contribution in [0.1, 0.15) is 11.1 Å². The van der Waals surface area contributed by atoms with Crippen LogP contribution in [-0.4, -0.2) is 12.1 Å². The number of nitrogens with two attached hydrogens (primary N) is 1. The predicted molar refractivity (Wildman–Crippen MR) is 70.4 cm³/mol. The lowest BCUT2D eigenvalue weighted by Crippen LogP contribution is -2.07. The zero-order valence-corrected chi connectivity index (χ0v) is 10.9. The highest BCUT2D eigenvalue weighted by atomic mass is 19.4. The molecule has 2 N–H and O–H groups in total. The van der Waals surface area contributed by atoms with Crippen LogP contribution in [0.15, 0.2) is 30.3 Å². The molecule has 1 aromatic heterocycles. The molecular weight excluding hydrogens is 283 g/mol. The topological polar surface area (TPSA) is 71.9 Å². The Morgan fingerprint density at radius 2 is 1.95 bits per heavy atom. The van der Waals surface area contributed by atoms with E-state index in [0.717, 1.165) is 12.1 Å². The predicted octanol–water partition coefficient (Wildman–Crippen LogP) is 3.23. The molecule has 7 heteroatoms. The van der Waals surface area contributed by atoms with Gasteiger partial charge in [0.15, 0.2) is 0 Å². The minimum Gasteiger partial charge on any atom is -0.496 e. The van der Waals surface area contributed by atoms with Gasteiger partial charge in [0.05, 0.1) is 30.0 Å². The number of pyridine rings is 1. The van der Waals surface area contributed by atoms with E-state index in [9.17, 15) is 13.2 Å². The SMILES string of the molecule is COc1ccc(C#N)cc1-c1cc(C(F)(F)F)cc(N)n1. The standard InChI is InChI=1S/C14H10F3N3O/c1-21-12-3-2-8(7-18)4-10(12)11-5-9(14(15,16)17)6-13(19)20-11/h2-6H,1H3,(H2,19,20). The summed E-state index contributed by atoms with van der Waals surface area (Å²) in [6.45, 7) is 0. The number of rotatable bonds is 2. The molecule has 0 radical (unpaired) electrons. The smallest absolute Gasteiger partial charge is 0.416 e. The van der Waals surface area contributed by atoms with Gasteiger partial charge in [0.2, 0.25) is 0 Å². The molecule has 0 unspecified atom stereocenters. The molecule has 2 rings (SSSR count). The van der Waals surface area contributed by atoms with Gasteiger partial charge in [-0.05, 0) is 30.3 Å². The molecule has 0 bridgehead atoms. The van der Waals surface area contributed by atoms with Crippen molar-refractivity contribution >= 4 is 5.82 Å². The number of aromatic nitrogens is 1. The van der Waals surface area contributed by atoms with E-state index < -0.39 is 11.7 Å². The third-order valence-corrected chi connectivity index (χ3v) is 2.78. The Kier molecular flexibility index (Phi) is 3.72. The lowest BCUT2D eigenvalue weighted by atomic mass is 10.0. The lowest BCUT2D eigenvalue weighted by Gasteiger charge is -2.12. The average Bonchev–Trinajstić information content (AvgIpc) is 2.45. The normalized spacial score (nSPS) is 11.0. The second kappa shape index (κ2) is 5.32. The minimum absolute atomic E-state index is 0.00345. The summed E-state index contributed by atoms with van der Waals surface area (Å²) in [5, 5.41) is 8.90. The molecule has 0 aliphatic carbocycles. The van der Waals surface area contributed by atoms with Crippen molar-refractivity contribution in [2.45, 2.75) is 6.18 Å². The molecule has 108 valence electrons. The summed E-state index contributed by atoms with van der Waals surface area (Å²) < 4.78 is 43.6. The number of halogens is 3. The van der Waals surface area contributed by atoms with Crippen molar-refractivity contribution in [3.05, 3.63) is 41.5 Å². The highest BCUT2D eigenvalue weighted by molar-refractivity contribution is 5.71. The molecule has 0 spiro atoms. The van der Waals surface area contributed by atoms with Gasteiger partial charge in [-0.1, -0.05) is 0 Å². The molecule has 2 aromatic rings. The van der Waals surface area contributed by atoms with Crippen LogP contribution in [-0.2, 0) is 6.18 Å². The Morgan fingerprint density at radius 1 is 1.24 bits per heavy atom. The fourth-order valence-corrected chi connectivity index (χ4v) is 1.83. The van der Waals surface area contributed by atoms with E-state index in [-0.39, 0.29) is 22.6 Å². The number of hydrogen-bond acceptors (Lipinski definition) is 4. The summed E-state index contributed by atoms with van der Waals surface area (Å²) in [5.74, 6) is 0.0458. The Morgan fingerprint density at radius 3 is 2.52 bits per heavy atom. The van der Waals surface area contributed by atoms with E-state index in [1.807, 2.05) is 6.07 Å². The van der Waals surface area contributed by atoms with Crippen molar-refractivity contribution in [3.8, 4) is 23.1 Å². The molecule has 0 atom stereocenters. The maximum Gasteiger partial charge on any atom is 0.416 e. The summed E-state index contributed by atoms with van der Waals surface area (Å²) in [7, 11) is 1.38. The van der Waals surface area contributed by atoms with E-state index >= 15 is 0 Å². The van der Waals surface area contributed by atoms with Gasteiger partial charge in [-0.2, -0.15) is 18.4 Å². The van der Waals surface area contributed by atoms with E-state index in [4.69, 9.17) is 15.7 Å². The number of nitriles is 1. The van der Waals surface area contributed by atoms with Crippen LogP contribution in [0.5, 0.6) is 5.75 Å². The van der Waals surface area contributed by atoms with Crippen molar-refractivity contribution < 1.29 is 17.9 Å². The maximum absolute atomic E-state index is 12.8. The van der Waals surface area contributed by atoms with Gasteiger partial charge in [-0.15, -0.1) is 0 Å². The van der Waals surface area contributed by atoms with Gasteiger partial charge in [-0.3, -0.25) is 0 Å². The van der Waals surface area contributed by atoms with Gasteiger partial charge in [0.1, 0.15) is 11.6 Å². The van der Waals surface area contributed by atoms with E-state index in [1.165, 1.54) is 25.3 Å². The lowest BCUT2D eigenvalue weighted by molar-refractivity contribution is -0.137. The van der Waals surface area contributed by atoms with Crippen molar-refractivity contribution in [1.29, 1.82) is 5.26 Å². The second-order valence-corrected chi connectivity index (χ2v) is 4.19. The molecular formula is C14H10F3N3O. The van der Waals surface area contributed by atoms with Gasteiger partial charge in [0, 0.05) is 5.56 Å². The molecule has 0 aliphatic heterocycles. The third kappa shape index (κ3) is 3.05. The van der Waals surface area contributed by atoms with Crippen LogP contribution in [0.25, 0.3) is 11.3 Å². The number of nitrogen functional groups attached to an aromatic ring is 1. The van der Waals surface area contributed by atoms with Gasteiger partial charge < -0.3 is 10.5 Å². The minimum atomic E-state index is -4.54. The van der Waals surface area contributed by atoms with Crippen LogP contribution >= 0.6 is 0 Å². The van der Waals surface area contributed by atoms with Crippen molar-refractivity contribution in [2.75, 3.05) is 12.8 Å². The van der Waals surface area contributed by atoms with Crippen LogP contribution in [0.3, 0.4) is 0 Å². The molecule has 0 saturated heterocycles. The summed E-state index contributed by atoms with van der Waals surface area (Å²) >= 11 is 0. The quantitative estimate of drug-likeness (QED) is 0.922. The summed E-state index contributed by atoms with van der Waals surface area (Å²) in [4.78, 5) is 3.89. The summed E-state index contributed by atoms with van der Waals surface area (Å²) in [6.07, 6.45) is -4.54. The monoisotopic (exact) mass is 293 g/mol. The number of anilines is 1. The van der Waals surface area contributed by atoms with Crippen LogP contribution < -0.4 is 10.5 Å². The third-order valence-electron chi connectivity index (χ3n) is 2.78. The molecule has 1 heterocycles. The van der Waals surface area contributed by atoms with E-state index in [2.05, 4.69) is 4.98 Å².